The van der Waals surface area contributed by atoms with Crippen LogP contribution in [-0.2, 0) is 7.05 Å². The van der Waals surface area contributed by atoms with Crippen LogP contribution >= 0.6 is 0 Å². The van der Waals surface area contributed by atoms with Crippen LogP contribution in [0.1, 0.15) is 50.3 Å². The summed E-state index contributed by atoms with van der Waals surface area (Å²) in [6.07, 6.45) is 9.25. The average molecular weight is 373 g/mol. The maximum atomic E-state index is 9.12. The Kier molecular flexibility index (Phi) is 5.59. The highest BCUT2D eigenvalue weighted by Crippen LogP contribution is 2.35. The summed E-state index contributed by atoms with van der Waals surface area (Å²) in [5, 5.41) is 14.6. The van der Waals surface area contributed by atoms with Crippen molar-refractivity contribution >= 4 is 16.9 Å². The lowest BCUT2D eigenvalue weighted by atomic mass is 9.96. The van der Waals surface area contributed by atoms with Gasteiger partial charge < -0.3 is 14.9 Å². The van der Waals surface area contributed by atoms with Gasteiger partial charge >= 0.3 is 0 Å². The number of aromatic nitrogens is 4. The first kappa shape index (κ1) is 18.6. The number of fused-ring (bicyclic) bond motifs is 1. The molecule has 148 valence electrons. The molecule has 2 aromatic rings. The summed E-state index contributed by atoms with van der Waals surface area (Å²) in [6.45, 7) is 4.24. The molecule has 27 heavy (non-hydrogen) atoms. The molecule has 1 N–H and O–H groups in total. The van der Waals surface area contributed by atoms with Gasteiger partial charge in [-0.3, -0.25) is 4.68 Å². The number of aliphatic hydroxyl groups excluding tert-OH is 1. The van der Waals surface area contributed by atoms with Gasteiger partial charge in [0.25, 0.3) is 0 Å². The second-order valence-electron chi connectivity index (χ2n) is 8.28. The molecule has 2 aliphatic rings. The predicted molar refractivity (Wildman–Crippen MR) is 107 cm³/mol. The highest BCUT2D eigenvalue weighted by atomic mass is 16.3. The first-order chi connectivity index (χ1) is 13.2. The largest absolute Gasteiger partial charge is 0.395 e. The fraction of sp³-hybridized carbons (Fsp3) is 0.750. The summed E-state index contributed by atoms with van der Waals surface area (Å²) < 4.78 is 1.88. The van der Waals surface area contributed by atoms with Gasteiger partial charge in [-0.15, -0.1) is 0 Å². The van der Waals surface area contributed by atoms with E-state index in [2.05, 4.69) is 21.9 Å². The maximum Gasteiger partial charge on any atom is 0.163 e. The second-order valence-corrected chi connectivity index (χ2v) is 8.28. The number of β-amino-alcohol motifs (C(OH)–C–C–N with tert-alkyl or cyclic N) is 1. The number of aliphatic hydroxyl groups is 1. The molecule has 1 saturated carbocycles. The molecule has 0 radical (unpaired) electrons. The van der Waals surface area contributed by atoms with E-state index in [1.807, 2.05) is 17.9 Å². The van der Waals surface area contributed by atoms with Crippen molar-refractivity contribution < 1.29 is 5.11 Å². The fourth-order valence-electron chi connectivity index (χ4n) is 4.69. The lowest BCUT2D eigenvalue weighted by molar-refractivity contribution is 0.149. The fourth-order valence-corrected chi connectivity index (χ4v) is 4.69. The second kappa shape index (κ2) is 8.10. The summed E-state index contributed by atoms with van der Waals surface area (Å²) in [5.41, 5.74) is 0.950. The minimum absolute atomic E-state index is 0.258. The summed E-state index contributed by atoms with van der Waals surface area (Å²) in [7, 11) is 4.13. The lowest BCUT2D eigenvalue weighted by Gasteiger charge is -2.34. The van der Waals surface area contributed by atoms with Gasteiger partial charge in [0.15, 0.2) is 5.65 Å². The summed E-state index contributed by atoms with van der Waals surface area (Å²) in [6, 6.07) is 0. The molecule has 2 aromatic heterocycles. The number of piperidine rings is 1. The Bertz CT molecular complexity index is 761. The van der Waals surface area contributed by atoms with Crippen molar-refractivity contribution in [2.45, 2.75) is 44.4 Å². The monoisotopic (exact) mass is 372 g/mol. The lowest BCUT2D eigenvalue weighted by Crippen LogP contribution is -2.39. The zero-order valence-corrected chi connectivity index (χ0v) is 16.6. The Hall–Kier alpha value is -1.73. The van der Waals surface area contributed by atoms with E-state index in [1.54, 1.807) is 0 Å². The van der Waals surface area contributed by atoms with Gasteiger partial charge in [0.05, 0.1) is 18.2 Å². The minimum Gasteiger partial charge on any atom is -0.395 e. The third-order valence-corrected chi connectivity index (χ3v) is 6.33. The van der Waals surface area contributed by atoms with Crippen LogP contribution in [0.25, 0.3) is 11.0 Å². The molecule has 0 bridgehead atoms. The molecule has 0 amide bonds. The van der Waals surface area contributed by atoms with Gasteiger partial charge in [-0.25, -0.2) is 9.97 Å². The van der Waals surface area contributed by atoms with E-state index in [0.29, 0.717) is 11.8 Å². The van der Waals surface area contributed by atoms with Crippen LogP contribution in [0, 0.1) is 5.92 Å². The molecule has 1 aliphatic heterocycles. The molecular formula is C20H32N6O. The SMILES string of the molecule is CN(CC1CCN(CCO)CC1)c1nc(C2CCCC2)nc2c1cnn2C. The summed E-state index contributed by atoms with van der Waals surface area (Å²) in [5.74, 6) is 3.20. The first-order valence-corrected chi connectivity index (χ1v) is 10.4. The highest BCUT2D eigenvalue weighted by Gasteiger charge is 2.25. The number of hydrogen-bond acceptors (Lipinski definition) is 6. The number of anilines is 1. The molecule has 2 fully saturated rings. The van der Waals surface area contributed by atoms with Crippen LogP contribution in [0.3, 0.4) is 0 Å². The van der Waals surface area contributed by atoms with Gasteiger partial charge in [-0.05, 0) is 44.7 Å². The molecule has 1 aliphatic carbocycles. The van der Waals surface area contributed by atoms with Crippen LogP contribution < -0.4 is 4.90 Å². The Labute approximate surface area is 161 Å². The summed E-state index contributed by atoms with van der Waals surface area (Å²) >= 11 is 0. The number of hydrogen-bond donors (Lipinski definition) is 1. The van der Waals surface area contributed by atoms with Crippen molar-refractivity contribution in [1.29, 1.82) is 0 Å². The number of likely N-dealkylation sites (tertiary alicyclic amines) is 1. The molecular weight excluding hydrogens is 340 g/mol. The van der Waals surface area contributed by atoms with Gasteiger partial charge in [0, 0.05) is 33.1 Å². The molecule has 0 atom stereocenters. The van der Waals surface area contributed by atoms with E-state index >= 15 is 0 Å². The molecule has 3 heterocycles. The Balaban J connectivity index is 1.53. The van der Waals surface area contributed by atoms with Crippen LogP contribution in [0.15, 0.2) is 6.20 Å². The normalized spacial score (nSPS) is 20.0. The van der Waals surface area contributed by atoms with E-state index in [1.165, 1.54) is 38.5 Å². The molecule has 0 unspecified atom stereocenters. The van der Waals surface area contributed by atoms with E-state index < -0.39 is 0 Å². The van der Waals surface area contributed by atoms with Crippen LogP contribution in [0.4, 0.5) is 5.82 Å². The third-order valence-electron chi connectivity index (χ3n) is 6.33. The topological polar surface area (TPSA) is 70.3 Å². The smallest absolute Gasteiger partial charge is 0.163 e. The average Bonchev–Trinajstić information content (AvgIpc) is 3.33. The van der Waals surface area contributed by atoms with E-state index in [9.17, 15) is 0 Å². The molecule has 7 heteroatoms. The first-order valence-electron chi connectivity index (χ1n) is 10.4. The van der Waals surface area contributed by atoms with Crippen LogP contribution in [0.2, 0.25) is 0 Å². The highest BCUT2D eigenvalue weighted by molar-refractivity contribution is 5.86. The van der Waals surface area contributed by atoms with Gasteiger partial charge in [0.2, 0.25) is 0 Å². The molecule has 4 rings (SSSR count). The molecule has 1 saturated heterocycles. The van der Waals surface area contributed by atoms with Crippen molar-refractivity contribution in [3.05, 3.63) is 12.0 Å². The van der Waals surface area contributed by atoms with E-state index in [-0.39, 0.29) is 6.61 Å². The molecule has 0 spiro atoms. The van der Waals surface area contributed by atoms with Crippen LogP contribution in [0.5, 0.6) is 0 Å². The quantitative estimate of drug-likeness (QED) is 0.838. The van der Waals surface area contributed by atoms with Crippen molar-refractivity contribution in [3.63, 3.8) is 0 Å². The van der Waals surface area contributed by atoms with E-state index in [0.717, 1.165) is 48.9 Å². The number of nitrogens with zero attached hydrogens (tertiary/aromatic N) is 6. The number of aryl methyl sites for hydroxylation is 1. The Morgan fingerprint density at radius 1 is 1.15 bits per heavy atom. The predicted octanol–water partition coefficient (Wildman–Crippen LogP) is 2.16. The van der Waals surface area contributed by atoms with Crippen molar-refractivity contribution in [1.82, 2.24) is 24.6 Å². The van der Waals surface area contributed by atoms with Crippen molar-refractivity contribution in [3.8, 4) is 0 Å². The Morgan fingerprint density at radius 2 is 1.89 bits per heavy atom. The zero-order chi connectivity index (χ0) is 18.8. The van der Waals surface area contributed by atoms with Crippen molar-refractivity contribution in [2.75, 3.05) is 44.7 Å². The van der Waals surface area contributed by atoms with Gasteiger partial charge in [-0.2, -0.15) is 5.10 Å². The summed E-state index contributed by atoms with van der Waals surface area (Å²) in [4.78, 5) is 14.6. The third kappa shape index (κ3) is 3.94. The van der Waals surface area contributed by atoms with Crippen LogP contribution in [-0.4, -0.2) is 69.6 Å². The maximum absolute atomic E-state index is 9.12. The van der Waals surface area contributed by atoms with E-state index in [4.69, 9.17) is 15.1 Å². The van der Waals surface area contributed by atoms with Crippen molar-refractivity contribution in [2.24, 2.45) is 13.0 Å². The Morgan fingerprint density at radius 3 is 2.59 bits per heavy atom. The molecule has 0 aromatic carbocycles. The minimum atomic E-state index is 0.258. The standard InChI is InChI=1S/C20H32N6O/c1-24(14-15-7-9-26(10-8-15)11-12-27)19-17-13-21-25(2)20(17)23-18(22-19)16-5-3-4-6-16/h13,15-16,27H,3-12,14H2,1-2H3. The van der Waals surface area contributed by atoms with Gasteiger partial charge in [-0.1, -0.05) is 12.8 Å². The zero-order valence-electron chi connectivity index (χ0n) is 16.6. The molecule has 7 nitrogen and oxygen atoms in total. The van der Waals surface area contributed by atoms with Gasteiger partial charge in [0.1, 0.15) is 11.6 Å². The number of rotatable bonds is 6.